The Labute approximate surface area is 115 Å². The van der Waals surface area contributed by atoms with Crippen LogP contribution in [0.25, 0.3) is 0 Å². The molecule has 1 aromatic rings. The molecule has 0 aromatic heterocycles. The first kappa shape index (κ1) is 15.4. The van der Waals surface area contributed by atoms with Crippen LogP contribution in [-0.2, 0) is 16.1 Å². The predicted molar refractivity (Wildman–Crippen MR) is 75.0 cm³/mol. The Morgan fingerprint density at radius 1 is 1.11 bits per heavy atom. The number of rotatable bonds is 8. The Balaban J connectivity index is 2.53. The van der Waals surface area contributed by atoms with Crippen molar-refractivity contribution in [2.75, 3.05) is 0 Å². The summed E-state index contributed by atoms with van der Waals surface area (Å²) in [6.45, 7) is 4.11. The van der Waals surface area contributed by atoms with Gasteiger partial charge in [0.1, 0.15) is 6.61 Å². The molecule has 0 atom stereocenters. The summed E-state index contributed by atoms with van der Waals surface area (Å²) in [7, 11) is 0. The molecule has 0 amide bonds. The van der Waals surface area contributed by atoms with Crippen LogP contribution >= 0.6 is 0 Å². The van der Waals surface area contributed by atoms with Crippen molar-refractivity contribution in [3.8, 4) is 0 Å². The zero-order valence-corrected chi connectivity index (χ0v) is 11.8. The number of ketones is 1. The molecule has 0 fully saturated rings. The van der Waals surface area contributed by atoms with Gasteiger partial charge in [-0.05, 0) is 6.42 Å². The van der Waals surface area contributed by atoms with Gasteiger partial charge in [0.05, 0.1) is 0 Å². The van der Waals surface area contributed by atoms with Crippen molar-refractivity contribution >= 4 is 11.8 Å². The number of ether oxygens (including phenoxy) is 1. The summed E-state index contributed by atoms with van der Waals surface area (Å²) in [4.78, 5) is 23.3. The molecule has 1 aromatic carbocycles. The number of Topliss-reactive ketones (excluding diaryl/α,β-unsaturated/α-hetero) is 1. The molecule has 0 bridgehead atoms. The highest BCUT2D eigenvalue weighted by atomic mass is 16.5. The maximum Gasteiger partial charge on any atom is 0.306 e. The average Bonchev–Trinajstić information content (AvgIpc) is 2.45. The Morgan fingerprint density at radius 2 is 1.84 bits per heavy atom. The summed E-state index contributed by atoms with van der Waals surface area (Å²) < 4.78 is 5.22. The maximum atomic E-state index is 11.7. The first-order chi connectivity index (χ1) is 9.19. The van der Waals surface area contributed by atoms with Crippen molar-refractivity contribution in [1.82, 2.24) is 0 Å². The molecule has 0 aliphatic rings. The van der Waals surface area contributed by atoms with Crippen LogP contribution in [0.4, 0.5) is 0 Å². The number of hydrogen-bond donors (Lipinski definition) is 0. The molecule has 104 valence electrons. The van der Waals surface area contributed by atoms with Crippen molar-refractivity contribution in [3.05, 3.63) is 35.4 Å². The molecular weight excluding hydrogens is 240 g/mol. The van der Waals surface area contributed by atoms with Gasteiger partial charge in [-0.25, -0.2) is 0 Å². The van der Waals surface area contributed by atoms with Gasteiger partial charge in [-0.15, -0.1) is 0 Å². The lowest BCUT2D eigenvalue weighted by atomic mass is 10.0. The molecule has 3 nitrogen and oxygen atoms in total. The first-order valence-electron chi connectivity index (χ1n) is 6.95. The number of carbonyl (C=O) groups is 2. The summed E-state index contributed by atoms with van der Waals surface area (Å²) in [5, 5.41) is 0. The van der Waals surface area contributed by atoms with E-state index < -0.39 is 0 Å². The van der Waals surface area contributed by atoms with E-state index in [1.54, 1.807) is 6.07 Å². The molecule has 0 aliphatic carbocycles. The number of esters is 1. The van der Waals surface area contributed by atoms with Crippen LogP contribution in [0.1, 0.15) is 61.9 Å². The van der Waals surface area contributed by atoms with Gasteiger partial charge < -0.3 is 4.74 Å². The van der Waals surface area contributed by atoms with Gasteiger partial charge in [0.15, 0.2) is 5.78 Å². The minimum Gasteiger partial charge on any atom is -0.461 e. The monoisotopic (exact) mass is 262 g/mol. The van der Waals surface area contributed by atoms with Crippen LogP contribution in [0, 0.1) is 0 Å². The molecule has 0 unspecified atom stereocenters. The molecule has 0 spiro atoms. The summed E-state index contributed by atoms with van der Waals surface area (Å²) >= 11 is 0. The van der Waals surface area contributed by atoms with Crippen LogP contribution in [-0.4, -0.2) is 11.8 Å². The Morgan fingerprint density at radius 3 is 2.53 bits per heavy atom. The van der Waals surface area contributed by atoms with E-state index in [0.29, 0.717) is 18.4 Å². The fourth-order valence-corrected chi connectivity index (χ4v) is 1.86. The van der Waals surface area contributed by atoms with Gasteiger partial charge in [-0.1, -0.05) is 51.0 Å². The highest BCUT2D eigenvalue weighted by Gasteiger charge is 2.10. The lowest BCUT2D eigenvalue weighted by molar-refractivity contribution is -0.145. The third-order valence-electron chi connectivity index (χ3n) is 3.01. The smallest absolute Gasteiger partial charge is 0.306 e. The Hall–Kier alpha value is -1.64. The van der Waals surface area contributed by atoms with Crippen molar-refractivity contribution in [3.63, 3.8) is 0 Å². The lowest BCUT2D eigenvalue weighted by Crippen LogP contribution is -2.08. The van der Waals surface area contributed by atoms with Crippen LogP contribution in [0.15, 0.2) is 24.3 Å². The summed E-state index contributed by atoms with van der Waals surface area (Å²) in [5.74, 6) is -0.107. The molecule has 0 saturated heterocycles. The minimum atomic E-state index is -0.188. The highest BCUT2D eigenvalue weighted by Crippen LogP contribution is 2.13. The average molecular weight is 262 g/mol. The van der Waals surface area contributed by atoms with Crippen molar-refractivity contribution in [1.29, 1.82) is 0 Å². The minimum absolute atomic E-state index is 0.0811. The quantitative estimate of drug-likeness (QED) is 0.405. The molecular formula is C16H22O3. The summed E-state index contributed by atoms with van der Waals surface area (Å²) in [6, 6.07) is 7.30. The van der Waals surface area contributed by atoms with E-state index >= 15 is 0 Å². The van der Waals surface area contributed by atoms with Crippen LogP contribution in [0.5, 0.6) is 0 Å². The number of unbranched alkanes of at least 4 members (excludes halogenated alkanes) is 2. The third-order valence-corrected chi connectivity index (χ3v) is 3.01. The van der Waals surface area contributed by atoms with Crippen LogP contribution in [0.3, 0.4) is 0 Å². The van der Waals surface area contributed by atoms with E-state index in [1.807, 2.05) is 25.1 Å². The van der Waals surface area contributed by atoms with Gasteiger partial charge in [0.2, 0.25) is 0 Å². The first-order valence-corrected chi connectivity index (χ1v) is 6.95. The van der Waals surface area contributed by atoms with Crippen molar-refractivity contribution in [2.24, 2.45) is 0 Å². The van der Waals surface area contributed by atoms with Crippen molar-refractivity contribution < 1.29 is 14.3 Å². The SMILES string of the molecule is CCCCCC(=O)OCc1ccccc1C(=O)CC. The lowest BCUT2D eigenvalue weighted by Gasteiger charge is -2.08. The molecule has 1 rings (SSSR count). The van der Waals surface area contributed by atoms with Crippen LogP contribution < -0.4 is 0 Å². The normalized spacial score (nSPS) is 10.2. The molecule has 0 aliphatic heterocycles. The van der Waals surface area contributed by atoms with E-state index in [4.69, 9.17) is 4.74 Å². The molecule has 0 N–H and O–H groups in total. The van der Waals surface area contributed by atoms with Gasteiger partial charge in [-0.3, -0.25) is 9.59 Å². The maximum absolute atomic E-state index is 11.7. The Kier molecular flexibility index (Phi) is 6.86. The van der Waals surface area contributed by atoms with E-state index in [9.17, 15) is 9.59 Å². The van der Waals surface area contributed by atoms with E-state index in [1.165, 1.54) is 0 Å². The van der Waals surface area contributed by atoms with E-state index in [0.717, 1.165) is 24.8 Å². The van der Waals surface area contributed by atoms with Gasteiger partial charge in [-0.2, -0.15) is 0 Å². The standard InChI is InChI=1S/C16H22O3/c1-3-5-6-11-16(18)19-12-13-9-7-8-10-14(13)15(17)4-2/h7-10H,3-6,11-12H2,1-2H3. The van der Waals surface area contributed by atoms with Gasteiger partial charge in [0, 0.05) is 24.0 Å². The number of benzene rings is 1. The zero-order chi connectivity index (χ0) is 14.1. The molecule has 3 heteroatoms. The Bertz CT molecular complexity index is 424. The number of carbonyl (C=O) groups excluding carboxylic acids is 2. The van der Waals surface area contributed by atoms with E-state index in [2.05, 4.69) is 6.92 Å². The highest BCUT2D eigenvalue weighted by molar-refractivity contribution is 5.97. The van der Waals surface area contributed by atoms with Gasteiger partial charge in [0.25, 0.3) is 0 Å². The second-order valence-corrected chi connectivity index (χ2v) is 4.55. The summed E-state index contributed by atoms with van der Waals surface area (Å²) in [6.07, 6.45) is 3.91. The second kappa shape index (κ2) is 8.46. The molecule has 0 radical (unpaired) electrons. The van der Waals surface area contributed by atoms with Crippen LogP contribution in [0.2, 0.25) is 0 Å². The largest absolute Gasteiger partial charge is 0.461 e. The third kappa shape index (κ3) is 5.25. The molecule has 0 saturated carbocycles. The molecule has 0 heterocycles. The fourth-order valence-electron chi connectivity index (χ4n) is 1.86. The van der Waals surface area contributed by atoms with E-state index in [-0.39, 0.29) is 18.4 Å². The second-order valence-electron chi connectivity index (χ2n) is 4.55. The number of hydrogen-bond acceptors (Lipinski definition) is 3. The van der Waals surface area contributed by atoms with Gasteiger partial charge >= 0.3 is 5.97 Å². The fraction of sp³-hybridized carbons (Fsp3) is 0.500. The zero-order valence-electron chi connectivity index (χ0n) is 11.8. The molecule has 19 heavy (non-hydrogen) atoms. The summed E-state index contributed by atoms with van der Waals surface area (Å²) in [5.41, 5.74) is 1.45. The predicted octanol–water partition coefficient (Wildman–Crippen LogP) is 3.90. The van der Waals surface area contributed by atoms with Crippen molar-refractivity contribution in [2.45, 2.75) is 52.6 Å². The topological polar surface area (TPSA) is 43.4 Å².